The second-order valence-corrected chi connectivity index (χ2v) is 19.5. The number of hydrogen-bond acceptors (Lipinski definition) is 9. The van der Waals surface area contributed by atoms with Crippen LogP contribution in [0, 0.1) is 17.3 Å². The Morgan fingerprint density at radius 2 is 1.81 bits per heavy atom. The lowest BCUT2D eigenvalue weighted by Gasteiger charge is -2.37. The average Bonchev–Trinajstić information content (AvgIpc) is 3.73. The standard InChI is InChI=1S/C49H63N7O6/c1-9-55-41-15-14-30-22-35(41)36(44(55)34-12-10-16-50-42(34)27(2)3)25-49(6,7)26-62-48(61)37-13-11-17-56(53-37)47(60)40(20-29-18-31(30)21-33(57)19-29)52-45(58)43(28(4)5)54(8)46(59)32-23-38-39(24-32)51-38/h10,12,14-16,18-19,21-22,27-28,32,37-40,43,51,53,57H,9,11,13,17,20,23-26H2,1-8H3,(H,52,58)/t32?,37-,38-,39+,40-,43-/m0/s1. The Kier molecular flexibility index (Phi) is 12.0. The maximum Gasteiger partial charge on any atom is 0.324 e. The van der Waals surface area contributed by atoms with E-state index in [0.29, 0.717) is 43.5 Å². The van der Waals surface area contributed by atoms with Crippen LogP contribution >= 0.6 is 0 Å². The van der Waals surface area contributed by atoms with E-state index in [1.165, 1.54) is 5.01 Å². The molecule has 62 heavy (non-hydrogen) atoms. The van der Waals surface area contributed by atoms with Gasteiger partial charge in [-0.3, -0.25) is 29.2 Å². The number of aromatic hydroxyl groups is 1. The van der Waals surface area contributed by atoms with Crippen LogP contribution in [0.5, 0.6) is 5.75 Å². The molecule has 330 valence electrons. The molecule has 0 spiro atoms. The summed E-state index contributed by atoms with van der Waals surface area (Å²) in [6, 6.07) is 13.9. The predicted molar refractivity (Wildman–Crippen MR) is 239 cm³/mol. The molecule has 8 rings (SSSR count). The quantitative estimate of drug-likeness (QED) is 0.121. The molecule has 0 radical (unpaired) electrons. The Bertz CT molecular complexity index is 2380. The molecule has 4 N–H and O–H groups in total. The van der Waals surface area contributed by atoms with Crippen LogP contribution in [0.15, 0.2) is 54.7 Å². The van der Waals surface area contributed by atoms with Crippen molar-refractivity contribution in [1.29, 1.82) is 0 Å². The highest BCUT2D eigenvalue weighted by molar-refractivity contribution is 5.96. The number of benzene rings is 2. The number of esters is 1. The molecule has 2 saturated heterocycles. The van der Waals surface area contributed by atoms with Crippen molar-refractivity contribution in [3.63, 3.8) is 0 Å². The summed E-state index contributed by atoms with van der Waals surface area (Å²) in [7, 11) is 1.68. The Labute approximate surface area is 364 Å². The van der Waals surface area contributed by atoms with Crippen molar-refractivity contribution in [2.24, 2.45) is 17.3 Å². The summed E-state index contributed by atoms with van der Waals surface area (Å²) in [6.07, 6.45) is 5.03. The molecular weight excluding hydrogens is 783 g/mol. The normalized spacial score (nSPS) is 24.1. The van der Waals surface area contributed by atoms with Crippen LogP contribution in [0.25, 0.3) is 33.3 Å². The zero-order chi connectivity index (χ0) is 44.2. The third-order valence-electron chi connectivity index (χ3n) is 13.4. The molecule has 1 unspecified atom stereocenters. The number of aryl methyl sites for hydroxylation is 1. The molecule has 13 heteroatoms. The number of amides is 3. The molecule has 1 saturated carbocycles. The van der Waals surface area contributed by atoms with Gasteiger partial charge in [-0.1, -0.05) is 53.7 Å². The van der Waals surface area contributed by atoms with Gasteiger partial charge in [-0.25, -0.2) is 5.43 Å². The fourth-order valence-electron chi connectivity index (χ4n) is 10.3. The first-order valence-electron chi connectivity index (χ1n) is 22.5. The number of nitrogens with zero attached hydrogens (tertiary/aromatic N) is 4. The van der Waals surface area contributed by atoms with Gasteiger partial charge in [0.05, 0.1) is 18.0 Å². The van der Waals surface area contributed by atoms with E-state index in [4.69, 9.17) is 9.72 Å². The fraction of sp³-hybridized carbons (Fsp3) is 0.531. The summed E-state index contributed by atoms with van der Waals surface area (Å²) in [6.45, 7) is 15.7. The molecule has 2 aromatic carbocycles. The average molecular weight is 846 g/mol. The van der Waals surface area contributed by atoms with E-state index in [9.17, 15) is 24.3 Å². The van der Waals surface area contributed by atoms with Gasteiger partial charge in [0.2, 0.25) is 11.8 Å². The van der Waals surface area contributed by atoms with Gasteiger partial charge < -0.3 is 29.9 Å². The topological polar surface area (TPSA) is 168 Å². The summed E-state index contributed by atoms with van der Waals surface area (Å²) in [4.78, 5) is 63.1. The van der Waals surface area contributed by atoms with Crippen molar-refractivity contribution in [2.75, 3.05) is 20.2 Å². The zero-order valence-corrected chi connectivity index (χ0v) is 37.5. The van der Waals surface area contributed by atoms with E-state index >= 15 is 0 Å². The van der Waals surface area contributed by atoms with Crippen molar-refractivity contribution >= 4 is 34.6 Å². The van der Waals surface area contributed by atoms with Gasteiger partial charge in [0, 0.05) is 72.6 Å². The molecule has 6 atom stereocenters. The molecule has 4 aromatic rings. The Balaban J connectivity index is 1.21. The summed E-state index contributed by atoms with van der Waals surface area (Å²) >= 11 is 0. The number of rotatable bonds is 8. The lowest BCUT2D eigenvalue weighted by molar-refractivity contribution is -0.155. The number of pyridine rings is 1. The highest BCUT2D eigenvalue weighted by Gasteiger charge is 2.49. The second kappa shape index (κ2) is 17.1. The van der Waals surface area contributed by atoms with Crippen LogP contribution in [0.4, 0.5) is 0 Å². The van der Waals surface area contributed by atoms with E-state index in [-0.39, 0.29) is 42.4 Å². The number of nitrogens with one attached hydrogen (secondary N) is 3. The van der Waals surface area contributed by atoms with Crippen molar-refractivity contribution in [3.8, 4) is 28.1 Å². The van der Waals surface area contributed by atoms with Crippen LogP contribution in [0.2, 0.25) is 0 Å². The number of hydrazine groups is 1. The monoisotopic (exact) mass is 845 g/mol. The van der Waals surface area contributed by atoms with Crippen LogP contribution in [0.1, 0.15) is 96.9 Å². The highest BCUT2D eigenvalue weighted by Crippen LogP contribution is 2.42. The van der Waals surface area contributed by atoms with Crippen molar-refractivity contribution in [3.05, 3.63) is 71.5 Å². The minimum absolute atomic E-state index is 0.0306. The number of phenolic OH excluding ortho intramolecular Hbond substituents is 1. The number of ether oxygens (including phenoxy) is 1. The minimum atomic E-state index is -1.09. The summed E-state index contributed by atoms with van der Waals surface area (Å²) in [5.74, 6) is -1.54. The van der Waals surface area contributed by atoms with E-state index in [0.717, 1.165) is 63.9 Å². The maximum atomic E-state index is 14.6. The Morgan fingerprint density at radius 3 is 2.52 bits per heavy atom. The molecule has 5 heterocycles. The second-order valence-electron chi connectivity index (χ2n) is 19.5. The highest BCUT2D eigenvalue weighted by atomic mass is 16.5. The maximum absolute atomic E-state index is 14.6. The minimum Gasteiger partial charge on any atom is -0.508 e. The zero-order valence-electron chi connectivity index (χ0n) is 37.5. The number of aromatic nitrogens is 2. The molecule has 13 nitrogen and oxygen atoms in total. The lowest BCUT2D eigenvalue weighted by atomic mass is 9.83. The van der Waals surface area contributed by atoms with E-state index in [2.05, 4.69) is 79.5 Å². The molecular formula is C49H63N7O6. The molecule has 1 aliphatic carbocycles. The largest absolute Gasteiger partial charge is 0.508 e. The van der Waals surface area contributed by atoms with Crippen molar-refractivity contribution in [1.82, 2.24) is 35.5 Å². The van der Waals surface area contributed by atoms with Crippen LogP contribution in [0.3, 0.4) is 0 Å². The van der Waals surface area contributed by atoms with E-state index in [1.54, 1.807) is 24.1 Å². The number of carbonyl (C=O) groups is 4. The summed E-state index contributed by atoms with van der Waals surface area (Å²) in [5.41, 5.74) is 10.3. The number of cyclic esters (lactones) is 1. The van der Waals surface area contributed by atoms with Gasteiger partial charge in [-0.2, -0.15) is 0 Å². The number of piperidine rings is 1. The lowest BCUT2D eigenvalue weighted by Crippen LogP contribution is -2.62. The van der Waals surface area contributed by atoms with Gasteiger partial charge in [0.15, 0.2) is 0 Å². The number of phenols is 1. The van der Waals surface area contributed by atoms with Crippen molar-refractivity contribution in [2.45, 2.75) is 130 Å². The molecule has 4 aliphatic rings. The molecule has 2 aromatic heterocycles. The SMILES string of the molecule is CCn1c(-c2cccnc2C(C)C)c2c3cc(ccc31)-c1cc(O)cc(c1)C[C@H](NC(=O)[C@H](C(C)C)N(C)C(=O)C1C[C@@H]3N[C@@H]3C1)C(=O)N1CCC[C@H](N1)C(=O)OCC(C)(C)C2. The summed E-state index contributed by atoms with van der Waals surface area (Å²) in [5, 5.41) is 20.2. The van der Waals surface area contributed by atoms with Crippen LogP contribution in [-0.4, -0.2) is 98.7 Å². The molecule has 3 aliphatic heterocycles. The number of likely N-dealkylation sites (N-methyl/N-ethyl adjacent to an activating group) is 1. The van der Waals surface area contributed by atoms with Gasteiger partial charge >= 0.3 is 5.97 Å². The fourth-order valence-corrected chi connectivity index (χ4v) is 10.3. The first kappa shape index (κ1) is 43.4. The third-order valence-corrected chi connectivity index (χ3v) is 13.4. The van der Waals surface area contributed by atoms with E-state index < -0.39 is 41.3 Å². The van der Waals surface area contributed by atoms with Crippen LogP contribution in [-0.2, 0) is 43.3 Å². The molecule has 6 bridgehead atoms. The Hall–Kier alpha value is -5.27. The van der Waals surface area contributed by atoms with Gasteiger partial charge in [-0.05, 0) is 110 Å². The Morgan fingerprint density at radius 1 is 1.05 bits per heavy atom. The number of carbonyl (C=O) groups excluding carboxylic acids is 4. The first-order valence-corrected chi connectivity index (χ1v) is 22.5. The smallest absolute Gasteiger partial charge is 0.324 e. The van der Waals surface area contributed by atoms with Gasteiger partial charge in [0.25, 0.3) is 5.91 Å². The third kappa shape index (κ3) is 8.58. The molecule has 3 fully saturated rings. The molecule has 3 amide bonds. The number of hydrogen-bond donors (Lipinski definition) is 4. The van der Waals surface area contributed by atoms with Gasteiger partial charge in [-0.15, -0.1) is 0 Å². The van der Waals surface area contributed by atoms with E-state index in [1.807, 2.05) is 32.2 Å². The first-order chi connectivity index (χ1) is 29.5. The predicted octanol–water partition coefficient (Wildman–Crippen LogP) is 6.10. The van der Waals surface area contributed by atoms with Crippen molar-refractivity contribution < 1.29 is 29.0 Å². The van der Waals surface area contributed by atoms with Gasteiger partial charge in [0.1, 0.15) is 23.9 Å². The summed E-state index contributed by atoms with van der Waals surface area (Å²) < 4.78 is 8.46. The van der Waals surface area contributed by atoms with Crippen LogP contribution < -0.4 is 16.1 Å². The number of fused-ring (bicyclic) bond motifs is 7.